The number of hydrogen-bond donors (Lipinski definition) is 1. The fraction of sp³-hybridized carbons (Fsp3) is 0.238. The molecular weight excluding hydrogens is 298 g/mol. The zero-order valence-corrected chi connectivity index (χ0v) is 14.2. The summed E-state index contributed by atoms with van der Waals surface area (Å²) >= 11 is 0. The molecule has 2 aromatic rings. The molecular formula is C21H21NO2. The fourth-order valence-electron chi connectivity index (χ4n) is 3.04. The summed E-state index contributed by atoms with van der Waals surface area (Å²) in [6, 6.07) is 15.5. The number of rotatable bonds is 4. The van der Waals surface area contributed by atoms with Crippen molar-refractivity contribution < 1.29 is 9.59 Å². The molecule has 0 spiro atoms. The van der Waals surface area contributed by atoms with Crippen molar-refractivity contribution in [3.8, 4) is 0 Å². The molecule has 24 heavy (non-hydrogen) atoms. The molecule has 3 heteroatoms. The van der Waals surface area contributed by atoms with Gasteiger partial charge in [-0.1, -0.05) is 55.5 Å². The highest BCUT2D eigenvalue weighted by atomic mass is 16.2. The quantitative estimate of drug-likeness (QED) is 0.872. The van der Waals surface area contributed by atoms with Crippen molar-refractivity contribution in [2.24, 2.45) is 0 Å². The molecule has 0 saturated heterocycles. The van der Waals surface area contributed by atoms with Gasteiger partial charge in [0.2, 0.25) is 0 Å². The van der Waals surface area contributed by atoms with E-state index < -0.39 is 0 Å². The van der Waals surface area contributed by atoms with Crippen molar-refractivity contribution in [1.29, 1.82) is 0 Å². The second kappa shape index (κ2) is 6.44. The molecule has 0 aliphatic heterocycles. The van der Waals surface area contributed by atoms with Crippen molar-refractivity contribution in [2.45, 2.75) is 33.2 Å². The Bertz CT molecular complexity index is 829. The molecule has 1 amide bonds. The van der Waals surface area contributed by atoms with Gasteiger partial charge in [0.05, 0.1) is 5.57 Å². The van der Waals surface area contributed by atoms with Gasteiger partial charge in [-0.05, 0) is 37.0 Å². The number of fused-ring (bicyclic) bond motifs is 1. The summed E-state index contributed by atoms with van der Waals surface area (Å²) in [5, 5.41) is 2.85. The van der Waals surface area contributed by atoms with Crippen LogP contribution >= 0.6 is 0 Å². The van der Waals surface area contributed by atoms with Gasteiger partial charge < -0.3 is 5.32 Å². The van der Waals surface area contributed by atoms with Crippen molar-refractivity contribution >= 4 is 17.3 Å². The minimum atomic E-state index is -0.305. The minimum absolute atomic E-state index is 0.0229. The lowest BCUT2D eigenvalue weighted by Crippen LogP contribution is -2.33. The van der Waals surface area contributed by atoms with Crippen molar-refractivity contribution in [1.82, 2.24) is 5.32 Å². The maximum Gasteiger partial charge on any atom is 0.256 e. The number of hydrogen-bond acceptors (Lipinski definition) is 2. The van der Waals surface area contributed by atoms with E-state index in [1.165, 1.54) is 5.56 Å². The standard InChI is InChI=1S/C21H21NO2/c1-4-14-9-11-15(12-10-14)18-16-7-5-6-8-17(16)20(23)19(18)21(24)22-13(2)3/h5-13H,4H2,1-3H3,(H,22,24). The van der Waals surface area contributed by atoms with Crippen molar-refractivity contribution in [3.05, 3.63) is 76.4 Å². The van der Waals surface area contributed by atoms with E-state index in [4.69, 9.17) is 0 Å². The highest BCUT2D eigenvalue weighted by Gasteiger charge is 2.34. The fourth-order valence-corrected chi connectivity index (χ4v) is 3.04. The lowest BCUT2D eigenvalue weighted by Gasteiger charge is -2.11. The average molecular weight is 319 g/mol. The molecule has 0 heterocycles. The molecule has 2 aromatic carbocycles. The van der Waals surface area contributed by atoms with E-state index in [1.54, 1.807) is 6.07 Å². The SMILES string of the molecule is CCc1ccc(C2=C(C(=O)NC(C)C)C(=O)c3ccccc32)cc1. The van der Waals surface area contributed by atoms with Crippen LogP contribution in [-0.4, -0.2) is 17.7 Å². The summed E-state index contributed by atoms with van der Waals surface area (Å²) in [7, 11) is 0. The highest BCUT2D eigenvalue weighted by molar-refractivity contribution is 6.36. The molecule has 3 rings (SSSR count). The molecule has 1 aliphatic carbocycles. The first-order valence-electron chi connectivity index (χ1n) is 8.31. The van der Waals surface area contributed by atoms with Crippen LogP contribution in [0.15, 0.2) is 54.1 Å². The summed E-state index contributed by atoms with van der Waals surface area (Å²) in [5.74, 6) is -0.501. The lowest BCUT2D eigenvalue weighted by atomic mass is 9.96. The third kappa shape index (κ3) is 2.78. The Morgan fingerprint density at radius 1 is 1.00 bits per heavy atom. The number of benzene rings is 2. The van der Waals surface area contributed by atoms with Gasteiger partial charge >= 0.3 is 0 Å². The number of aryl methyl sites for hydroxylation is 1. The van der Waals surface area contributed by atoms with E-state index in [0.717, 1.165) is 23.1 Å². The largest absolute Gasteiger partial charge is 0.350 e. The topological polar surface area (TPSA) is 46.2 Å². The number of carbonyl (C=O) groups is 2. The molecule has 122 valence electrons. The highest BCUT2D eigenvalue weighted by Crippen LogP contribution is 2.37. The second-order valence-corrected chi connectivity index (χ2v) is 6.30. The first-order valence-corrected chi connectivity index (χ1v) is 8.31. The van der Waals surface area contributed by atoms with Crippen LogP contribution in [0, 0.1) is 0 Å². The van der Waals surface area contributed by atoms with Crippen LogP contribution in [0.25, 0.3) is 5.57 Å². The summed E-state index contributed by atoms with van der Waals surface area (Å²) in [6.45, 7) is 5.88. The first kappa shape index (κ1) is 16.2. The molecule has 0 saturated carbocycles. The van der Waals surface area contributed by atoms with E-state index in [2.05, 4.69) is 12.2 Å². The molecule has 0 aromatic heterocycles. The number of nitrogens with one attached hydrogen (secondary N) is 1. The number of carbonyl (C=O) groups excluding carboxylic acids is 2. The van der Waals surface area contributed by atoms with Gasteiger partial charge in [0.15, 0.2) is 5.78 Å². The Morgan fingerprint density at radius 3 is 2.21 bits per heavy atom. The van der Waals surface area contributed by atoms with E-state index >= 15 is 0 Å². The van der Waals surface area contributed by atoms with Crippen LogP contribution in [0.1, 0.15) is 47.8 Å². The maximum absolute atomic E-state index is 12.8. The smallest absolute Gasteiger partial charge is 0.256 e. The van der Waals surface area contributed by atoms with Crippen LogP contribution in [0.2, 0.25) is 0 Å². The van der Waals surface area contributed by atoms with Gasteiger partial charge in [-0.2, -0.15) is 0 Å². The first-order chi connectivity index (χ1) is 11.5. The third-order valence-corrected chi connectivity index (χ3v) is 4.22. The Morgan fingerprint density at radius 2 is 1.62 bits per heavy atom. The molecule has 3 nitrogen and oxygen atoms in total. The molecule has 1 N–H and O–H groups in total. The van der Waals surface area contributed by atoms with Gasteiger partial charge in [0, 0.05) is 17.2 Å². The van der Waals surface area contributed by atoms with Crippen molar-refractivity contribution in [3.63, 3.8) is 0 Å². The van der Waals surface area contributed by atoms with Gasteiger partial charge in [-0.25, -0.2) is 0 Å². The van der Waals surface area contributed by atoms with Crippen LogP contribution in [0.4, 0.5) is 0 Å². The van der Waals surface area contributed by atoms with E-state index in [9.17, 15) is 9.59 Å². The zero-order valence-electron chi connectivity index (χ0n) is 14.2. The van der Waals surface area contributed by atoms with E-state index in [1.807, 2.05) is 56.3 Å². The predicted octanol–water partition coefficient (Wildman–Crippen LogP) is 3.77. The van der Waals surface area contributed by atoms with Gasteiger partial charge in [-0.15, -0.1) is 0 Å². The molecule has 0 unspecified atom stereocenters. The van der Waals surface area contributed by atoms with Crippen LogP contribution in [-0.2, 0) is 11.2 Å². The Kier molecular flexibility index (Phi) is 4.34. The molecule has 0 fully saturated rings. The van der Waals surface area contributed by atoms with E-state index in [-0.39, 0.29) is 23.3 Å². The lowest BCUT2D eigenvalue weighted by molar-refractivity contribution is -0.117. The van der Waals surface area contributed by atoms with Crippen LogP contribution < -0.4 is 5.32 Å². The number of ketones is 1. The van der Waals surface area contributed by atoms with Gasteiger partial charge in [0.1, 0.15) is 0 Å². The Hall–Kier alpha value is -2.68. The molecule has 0 atom stereocenters. The van der Waals surface area contributed by atoms with Gasteiger partial charge in [0.25, 0.3) is 5.91 Å². The van der Waals surface area contributed by atoms with Gasteiger partial charge in [-0.3, -0.25) is 9.59 Å². The zero-order chi connectivity index (χ0) is 17.3. The molecule has 0 bridgehead atoms. The maximum atomic E-state index is 12.8. The van der Waals surface area contributed by atoms with Crippen molar-refractivity contribution in [2.75, 3.05) is 0 Å². The third-order valence-electron chi connectivity index (χ3n) is 4.22. The summed E-state index contributed by atoms with van der Waals surface area (Å²) in [4.78, 5) is 25.5. The summed E-state index contributed by atoms with van der Waals surface area (Å²) < 4.78 is 0. The summed E-state index contributed by atoms with van der Waals surface area (Å²) in [6.07, 6.45) is 0.954. The minimum Gasteiger partial charge on any atom is -0.350 e. The average Bonchev–Trinajstić information content (AvgIpc) is 2.88. The second-order valence-electron chi connectivity index (χ2n) is 6.30. The van der Waals surface area contributed by atoms with E-state index in [0.29, 0.717) is 5.56 Å². The Balaban J connectivity index is 2.18. The number of Topliss-reactive ketones (excluding diaryl/α,β-unsaturated/α-hetero) is 1. The Labute approximate surface area is 142 Å². The number of amides is 1. The normalized spacial score (nSPS) is 13.4. The van der Waals surface area contributed by atoms with Crippen LogP contribution in [0.3, 0.4) is 0 Å². The molecule has 0 radical (unpaired) electrons. The predicted molar refractivity (Wildman–Crippen MR) is 95.9 cm³/mol. The van der Waals surface area contributed by atoms with Crippen LogP contribution in [0.5, 0.6) is 0 Å². The molecule has 1 aliphatic rings. The summed E-state index contributed by atoms with van der Waals surface area (Å²) in [5.41, 5.74) is 4.54. The monoisotopic (exact) mass is 319 g/mol.